The summed E-state index contributed by atoms with van der Waals surface area (Å²) in [5.41, 5.74) is 2.21. The molecule has 3 nitrogen and oxygen atoms in total. The molecule has 1 aromatic carbocycles. The lowest BCUT2D eigenvalue weighted by Gasteiger charge is -2.35. The van der Waals surface area contributed by atoms with E-state index < -0.39 is 0 Å². The Balaban J connectivity index is 1.95. The van der Waals surface area contributed by atoms with Gasteiger partial charge in [0.25, 0.3) is 5.91 Å². The van der Waals surface area contributed by atoms with Crippen molar-refractivity contribution in [3.05, 3.63) is 35.4 Å². The summed E-state index contributed by atoms with van der Waals surface area (Å²) >= 11 is 0. The summed E-state index contributed by atoms with van der Waals surface area (Å²) in [7, 11) is 0. The van der Waals surface area contributed by atoms with Gasteiger partial charge in [-0.25, -0.2) is 0 Å². The summed E-state index contributed by atoms with van der Waals surface area (Å²) in [6.45, 7) is 15.9. The van der Waals surface area contributed by atoms with Gasteiger partial charge in [-0.1, -0.05) is 46.8 Å². The van der Waals surface area contributed by atoms with Crippen LogP contribution >= 0.6 is 0 Å². The number of hydrogen-bond donors (Lipinski definition) is 0. The highest BCUT2D eigenvalue weighted by atomic mass is 16.2. The number of hydrogen-bond acceptors (Lipinski definition) is 2. The van der Waals surface area contributed by atoms with Gasteiger partial charge in [0.05, 0.1) is 0 Å². The van der Waals surface area contributed by atoms with Crippen LogP contribution < -0.4 is 0 Å². The molecular weight excluding hydrogens is 272 g/mol. The number of piperazine rings is 1. The highest BCUT2D eigenvalue weighted by Gasteiger charge is 2.22. The molecule has 2 rings (SSSR count). The smallest absolute Gasteiger partial charge is 0.253 e. The van der Waals surface area contributed by atoms with Crippen LogP contribution in [0.15, 0.2) is 24.3 Å². The molecule has 0 atom stereocenters. The van der Waals surface area contributed by atoms with Gasteiger partial charge in [-0.2, -0.15) is 0 Å². The third-order valence-electron chi connectivity index (χ3n) is 4.28. The Bertz CT molecular complexity index is 491. The Kier molecular flexibility index (Phi) is 5.28. The average Bonchev–Trinajstić information content (AvgIpc) is 2.46. The van der Waals surface area contributed by atoms with Crippen LogP contribution in [0.4, 0.5) is 0 Å². The van der Waals surface area contributed by atoms with E-state index in [9.17, 15) is 4.79 Å². The lowest BCUT2D eigenvalue weighted by molar-refractivity contribution is 0.0624. The minimum atomic E-state index is 0.129. The number of carbonyl (C=O) groups excluding carboxylic acids is 1. The number of nitrogens with zero attached hydrogens (tertiary/aromatic N) is 2. The predicted octanol–water partition coefficient (Wildman–Crippen LogP) is 3.40. The molecule has 0 radical (unpaired) electrons. The van der Waals surface area contributed by atoms with Crippen molar-refractivity contribution >= 4 is 5.91 Å². The molecule has 1 saturated heterocycles. The first kappa shape index (κ1) is 17.0. The van der Waals surface area contributed by atoms with Crippen LogP contribution in [-0.4, -0.2) is 48.4 Å². The Labute approximate surface area is 135 Å². The van der Waals surface area contributed by atoms with Crippen molar-refractivity contribution in [1.82, 2.24) is 9.80 Å². The molecule has 3 heteroatoms. The summed E-state index contributed by atoms with van der Waals surface area (Å²) in [6.07, 6.45) is 0. The Hall–Kier alpha value is -1.35. The first-order valence-electron chi connectivity index (χ1n) is 8.39. The van der Waals surface area contributed by atoms with Crippen LogP contribution in [0.2, 0.25) is 0 Å². The second kappa shape index (κ2) is 6.82. The lowest BCUT2D eigenvalue weighted by atomic mass is 9.86. The standard InChI is InChI=1S/C19H30N2O/c1-15(2)14-20-10-12-21(13-11-20)18(22)16-6-8-17(9-7-16)19(3,4)5/h6-9,15H,10-14H2,1-5H3. The van der Waals surface area contributed by atoms with E-state index in [1.165, 1.54) is 5.56 Å². The van der Waals surface area contributed by atoms with Gasteiger partial charge in [0.1, 0.15) is 0 Å². The number of amides is 1. The van der Waals surface area contributed by atoms with Gasteiger partial charge >= 0.3 is 0 Å². The van der Waals surface area contributed by atoms with Gasteiger partial charge < -0.3 is 4.90 Å². The molecule has 22 heavy (non-hydrogen) atoms. The summed E-state index contributed by atoms with van der Waals surface area (Å²) in [4.78, 5) is 17.0. The zero-order valence-corrected chi connectivity index (χ0v) is 14.7. The predicted molar refractivity (Wildman–Crippen MR) is 92.3 cm³/mol. The molecule has 1 amide bonds. The van der Waals surface area contributed by atoms with Crippen molar-refractivity contribution in [1.29, 1.82) is 0 Å². The molecule has 1 aromatic rings. The first-order chi connectivity index (χ1) is 10.3. The molecule has 1 aliphatic heterocycles. The quantitative estimate of drug-likeness (QED) is 0.854. The highest BCUT2D eigenvalue weighted by molar-refractivity contribution is 5.94. The van der Waals surface area contributed by atoms with Crippen molar-refractivity contribution in [3.63, 3.8) is 0 Å². The SMILES string of the molecule is CC(C)CN1CCN(C(=O)c2ccc(C(C)(C)C)cc2)CC1. The maximum absolute atomic E-state index is 12.6. The molecule has 1 aliphatic rings. The van der Waals surface area contributed by atoms with Gasteiger partial charge in [0, 0.05) is 38.3 Å². The van der Waals surface area contributed by atoms with E-state index in [4.69, 9.17) is 0 Å². The van der Waals surface area contributed by atoms with Crippen molar-refractivity contribution in [3.8, 4) is 0 Å². The number of carbonyl (C=O) groups is 1. The number of benzene rings is 1. The van der Waals surface area contributed by atoms with E-state index in [1.807, 2.05) is 17.0 Å². The molecule has 0 N–H and O–H groups in total. The Morgan fingerprint density at radius 3 is 2.05 bits per heavy atom. The average molecular weight is 302 g/mol. The zero-order chi connectivity index (χ0) is 16.3. The van der Waals surface area contributed by atoms with Crippen LogP contribution in [0.25, 0.3) is 0 Å². The van der Waals surface area contributed by atoms with Crippen LogP contribution in [-0.2, 0) is 5.41 Å². The summed E-state index contributed by atoms with van der Waals surface area (Å²) in [6, 6.07) is 8.12. The van der Waals surface area contributed by atoms with E-state index in [0.29, 0.717) is 5.92 Å². The van der Waals surface area contributed by atoms with E-state index in [1.54, 1.807) is 0 Å². The second-order valence-electron chi connectivity index (χ2n) is 7.81. The minimum absolute atomic E-state index is 0.129. The molecule has 0 aromatic heterocycles. The molecule has 1 fully saturated rings. The van der Waals surface area contributed by atoms with Crippen molar-refractivity contribution in [2.75, 3.05) is 32.7 Å². The fourth-order valence-electron chi connectivity index (χ4n) is 2.95. The normalized spacial score (nSPS) is 17.1. The monoisotopic (exact) mass is 302 g/mol. The molecule has 1 heterocycles. The van der Waals surface area contributed by atoms with Gasteiger partial charge in [-0.15, -0.1) is 0 Å². The van der Waals surface area contributed by atoms with Gasteiger partial charge in [-0.05, 0) is 29.0 Å². The summed E-state index contributed by atoms with van der Waals surface area (Å²) < 4.78 is 0. The maximum Gasteiger partial charge on any atom is 0.253 e. The van der Waals surface area contributed by atoms with Crippen LogP contribution in [0.1, 0.15) is 50.5 Å². The molecule has 0 bridgehead atoms. The highest BCUT2D eigenvalue weighted by Crippen LogP contribution is 2.22. The summed E-state index contributed by atoms with van der Waals surface area (Å²) in [5.74, 6) is 0.858. The Morgan fingerprint density at radius 1 is 1.05 bits per heavy atom. The van der Waals surface area contributed by atoms with Gasteiger partial charge in [-0.3, -0.25) is 9.69 Å². The van der Waals surface area contributed by atoms with Crippen LogP contribution in [0.3, 0.4) is 0 Å². The lowest BCUT2D eigenvalue weighted by Crippen LogP contribution is -2.49. The molecule has 0 saturated carbocycles. The topological polar surface area (TPSA) is 23.6 Å². The van der Waals surface area contributed by atoms with E-state index in [0.717, 1.165) is 38.3 Å². The fourth-order valence-corrected chi connectivity index (χ4v) is 2.95. The molecule has 0 unspecified atom stereocenters. The first-order valence-corrected chi connectivity index (χ1v) is 8.39. The maximum atomic E-state index is 12.6. The second-order valence-corrected chi connectivity index (χ2v) is 7.81. The molecular formula is C19H30N2O. The van der Waals surface area contributed by atoms with Gasteiger partial charge in [0.2, 0.25) is 0 Å². The fraction of sp³-hybridized carbons (Fsp3) is 0.632. The minimum Gasteiger partial charge on any atom is -0.336 e. The van der Waals surface area contributed by atoms with Crippen molar-refractivity contribution in [2.24, 2.45) is 5.92 Å². The van der Waals surface area contributed by atoms with E-state index in [-0.39, 0.29) is 11.3 Å². The zero-order valence-electron chi connectivity index (χ0n) is 14.7. The largest absolute Gasteiger partial charge is 0.336 e. The van der Waals surface area contributed by atoms with E-state index in [2.05, 4.69) is 51.7 Å². The van der Waals surface area contributed by atoms with Crippen LogP contribution in [0.5, 0.6) is 0 Å². The molecule has 0 spiro atoms. The number of rotatable bonds is 3. The van der Waals surface area contributed by atoms with Crippen molar-refractivity contribution < 1.29 is 4.79 Å². The third kappa shape index (κ3) is 4.33. The Morgan fingerprint density at radius 2 is 1.59 bits per heavy atom. The van der Waals surface area contributed by atoms with Crippen LogP contribution in [0, 0.1) is 5.92 Å². The van der Waals surface area contributed by atoms with E-state index >= 15 is 0 Å². The summed E-state index contributed by atoms with van der Waals surface area (Å²) in [5, 5.41) is 0. The van der Waals surface area contributed by atoms with Crippen molar-refractivity contribution in [2.45, 2.75) is 40.0 Å². The van der Waals surface area contributed by atoms with Gasteiger partial charge in [0.15, 0.2) is 0 Å². The molecule has 122 valence electrons. The molecule has 0 aliphatic carbocycles. The third-order valence-corrected chi connectivity index (χ3v) is 4.28.